The molecule has 1 rings (SSSR count). The van der Waals surface area contributed by atoms with Crippen LogP contribution in [0.4, 0.5) is 26.3 Å². The summed E-state index contributed by atoms with van der Waals surface area (Å²) in [5.74, 6) is -1.33. The Hall–Kier alpha value is -2.09. The number of esters is 1. The topological polar surface area (TPSA) is 94.6 Å². The lowest BCUT2D eigenvalue weighted by Gasteiger charge is -2.33. The van der Waals surface area contributed by atoms with Crippen molar-refractivity contribution in [2.45, 2.75) is 34.5 Å². The maximum atomic E-state index is 13.0. The largest absolute Gasteiger partial charge is 0.498 e. The van der Waals surface area contributed by atoms with Crippen LogP contribution in [0.1, 0.15) is 18.9 Å². The van der Waals surface area contributed by atoms with Crippen molar-refractivity contribution < 1.29 is 52.7 Å². The Bertz CT molecular complexity index is 923. The molecule has 0 spiro atoms. The van der Waals surface area contributed by atoms with Crippen molar-refractivity contribution in [3.63, 3.8) is 0 Å². The number of carbonyl (C=O) groups is 1. The molecule has 0 aliphatic heterocycles. The van der Waals surface area contributed by atoms with Gasteiger partial charge in [0.15, 0.2) is 4.58 Å². The van der Waals surface area contributed by atoms with Gasteiger partial charge in [-0.05, 0) is 12.5 Å². The summed E-state index contributed by atoms with van der Waals surface area (Å²) in [6.07, 6.45) is -1.35. The lowest BCUT2D eigenvalue weighted by atomic mass is 9.93. The van der Waals surface area contributed by atoms with Crippen molar-refractivity contribution in [3.8, 4) is 0 Å². The highest BCUT2D eigenvalue weighted by molar-refractivity contribution is 8.09. The van der Waals surface area contributed by atoms with Gasteiger partial charge < -0.3 is 4.74 Å². The van der Waals surface area contributed by atoms with Gasteiger partial charge in [-0.3, -0.25) is 0 Å². The van der Waals surface area contributed by atoms with E-state index in [0.717, 1.165) is 19.1 Å². The molecule has 0 amide bonds. The van der Waals surface area contributed by atoms with Crippen molar-refractivity contribution in [1.82, 2.24) is 0 Å². The predicted molar refractivity (Wildman–Crippen MR) is 88.4 cm³/mol. The molecule has 0 radical (unpaired) electrons. The van der Waals surface area contributed by atoms with Gasteiger partial charge in [0.05, 0.1) is 0 Å². The number of rotatable bonds is 7. The third kappa shape index (κ3) is 5.10. The maximum absolute atomic E-state index is 13.0. The molecule has 1 aromatic rings. The van der Waals surface area contributed by atoms with E-state index < -0.39 is 53.3 Å². The molecule has 0 fully saturated rings. The van der Waals surface area contributed by atoms with E-state index in [1.165, 1.54) is 18.2 Å². The van der Waals surface area contributed by atoms with Gasteiger partial charge in [0.1, 0.15) is 5.60 Å². The fraction of sp³-hybridized carbons (Fsp3) is 0.400. The molecule has 14 heteroatoms. The highest BCUT2D eigenvalue weighted by Crippen LogP contribution is 2.42. The third-order valence-corrected chi connectivity index (χ3v) is 8.30. The molecule has 0 N–H and O–H groups in total. The summed E-state index contributed by atoms with van der Waals surface area (Å²) in [5.41, 5.74) is -15.4. The second-order valence-electron chi connectivity index (χ2n) is 5.84. The minimum Gasteiger partial charge on any atom is -0.451 e. The minimum absolute atomic E-state index is 0.241. The number of halogens is 6. The standard InChI is InChI=1S/C15H14F6O6S2/c1-3-11(22)27-13(2,10-7-5-4-6-8-10)9-12(28(23,24)14(16,17)18)29(25,26)15(19,20)21/h3-8,12H,1,9H2,2H3. The van der Waals surface area contributed by atoms with Crippen molar-refractivity contribution >= 4 is 25.6 Å². The second kappa shape index (κ2) is 7.97. The molecule has 1 unspecified atom stereocenters. The fourth-order valence-corrected chi connectivity index (χ4v) is 5.94. The maximum Gasteiger partial charge on any atom is 0.498 e. The molecule has 0 aliphatic rings. The summed E-state index contributed by atoms with van der Waals surface area (Å²) in [5, 5.41) is 0. The zero-order valence-corrected chi connectivity index (χ0v) is 16.1. The Morgan fingerprint density at radius 2 is 1.41 bits per heavy atom. The Morgan fingerprint density at radius 3 is 1.76 bits per heavy atom. The fourth-order valence-electron chi connectivity index (χ4n) is 2.28. The van der Waals surface area contributed by atoms with E-state index in [-0.39, 0.29) is 5.56 Å². The van der Waals surface area contributed by atoms with Crippen LogP contribution in [0.2, 0.25) is 0 Å². The summed E-state index contributed by atoms with van der Waals surface area (Å²) >= 11 is 0. The van der Waals surface area contributed by atoms with Crippen LogP contribution < -0.4 is 0 Å². The lowest BCUT2D eigenvalue weighted by Crippen LogP contribution is -2.48. The molecule has 1 atom stereocenters. The number of ether oxygens (including phenoxy) is 1. The summed E-state index contributed by atoms with van der Waals surface area (Å²) in [7, 11) is -13.8. The van der Waals surface area contributed by atoms with Gasteiger partial charge in [0.2, 0.25) is 0 Å². The van der Waals surface area contributed by atoms with Crippen molar-refractivity contribution in [2.24, 2.45) is 0 Å². The molecule has 164 valence electrons. The second-order valence-corrected chi connectivity index (χ2v) is 10.4. The lowest BCUT2D eigenvalue weighted by molar-refractivity contribution is -0.153. The third-order valence-electron chi connectivity index (χ3n) is 3.77. The van der Waals surface area contributed by atoms with E-state index in [1.807, 2.05) is 0 Å². The van der Waals surface area contributed by atoms with E-state index in [4.69, 9.17) is 4.74 Å². The van der Waals surface area contributed by atoms with Crippen LogP contribution in [0.3, 0.4) is 0 Å². The van der Waals surface area contributed by atoms with Crippen LogP contribution in [-0.4, -0.2) is 38.4 Å². The van der Waals surface area contributed by atoms with Gasteiger partial charge in [0.25, 0.3) is 19.7 Å². The van der Waals surface area contributed by atoms with Crippen LogP contribution in [0.25, 0.3) is 0 Å². The zero-order chi connectivity index (χ0) is 22.9. The first-order chi connectivity index (χ1) is 12.9. The highest BCUT2D eigenvalue weighted by atomic mass is 32.3. The SMILES string of the molecule is C=CC(=O)OC(C)(CC(S(=O)(=O)C(F)(F)F)S(=O)(=O)C(F)(F)F)c1ccccc1. The Balaban J connectivity index is 3.75. The van der Waals surface area contributed by atoms with E-state index in [9.17, 15) is 48.0 Å². The normalized spacial score (nSPS) is 15.6. The van der Waals surface area contributed by atoms with Gasteiger partial charge >= 0.3 is 17.0 Å². The summed E-state index contributed by atoms with van der Waals surface area (Å²) in [6.45, 7) is 3.81. The number of hydrogen-bond donors (Lipinski definition) is 0. The number of sulfone groups is 2. The Labute approximate surface area is 162 Å². The molecule has 0 saturated carbocycles. The number of benzene rings is 1. The molecular formula is C15H14F6O6S2. The van der Waals surface area contributed by atoms with Gasteiger partial charge in [0, 0.05) is 12.5 Å². The number of alkyl halides is 6. The van der Waals surface area contributed by atoms with E-state index in [1.54, 1.807) is 0 Å². The van der Waals surface area contributed by atoms with Crippen molar-refractivity contribution in [2.75, 3.05) is 0 Å². The van der Waals surface area contributed by atoms with E-state index in [2.05, 4.69) is 6.58 Å². The molecule has 0 aromatic heterocycles. The first-order valence-corrected chi connectivity index (χ1v) is 10.5. The molecule has 29 heavy (non-hydrogen) atoms. The number of carbonyl (C=O) groups excluding carboxylic acids is 1. The van der Waals surface area contributed by atoms with Crippen molar-refractivity contribution in [3.05, 3.63) is 48.6 Å². The van der Waals surface area contributed by atoms with Gasteiger partial charge in [-0.25, -0.2) is 21.6 Å². The Morgan fingerprint density at radius 1 is 1.00 bits per heavy atom. The molecule has 0 bridgehead atoms. The molecular weight excluding hydrogens is 454 g/mol. The summed E-state index contributed by atoms with van der Waals surface area (Å²) in [6, 6.07) is 6.14. The smallest absolute Gasteiger partial charge is 0.451 e. The zero-order valence-electron chi connectivity index (χ0n) is 14.5. The highest BCUT2D eigenvalue weighted by Gasteiger charge is 2.64. The first kappa shape index (κ1) is 24.9. The first-order valence-electron chi connectivity index (χ1n) is 7.41. The van der Waals surface area contributed by atoms with Crippen LogP contribution >= 0.6 is 0 Å². The van der Waals surface area contributed by atoms with Crippen LogP contribution in [-0.2, 0) is 34.8 Å². The quantitative estimate of drug-likeness (QED) is 0.347. The average Bonchev–Trinajstić information content (AvgIpc) is 2.58. The monoisotopic (exact) mass is 468 g/mol. The van der Waals surface area contributed by atoms with Gasteiger partial charge in [-0.1, -0.05) is 36.9 Å². The summed E-state index contributed by atoms with van der Waals surface area (Å²) in [4.78, 5) is 11.6. The molecule has 0 saturated heterocycles. The molecule has 1 aromatic carbocycles. The Kier molecular flexibility index (Phi) is 6.86. The predicted octanol–water partition coefficient (Wildman–Crippen LogP) is 3.22. The molecule has 0 heterocycles. The summed E-state index contributed by atoms with van der Waals surface area (Å²) < 4.78 is 126. The van der Waals surface area contributed by atoms with E-state index in [0.29, 0.717) is 6.08 Å². The van der Waals surface area contributed by atoms with E-state index >= 15 is 0 Å². The average molecular weight is 468 g/mol. The van der Waals surface area contributed by atoms with Crippen molar-refractivity contribution in [1.29, 1.82) is 0 Å². The molecule has 0 aliphatic carbocycles. The van der Waals surface area contributed by atoms with Crippen LogP contribution in [0.15, 0.2) is 43.0 Å². The molecule has 6 nitrogen and oxygen atoms in total. The van der Waals surface area contributed by atoms with Gasteiger partial charge in [-0.15, -0.1) is 0 Å². The minimum atomic E-state index is -6.89. The van der Waals surface area contributed by atoms with Gasteiger partial charge in [-0.2, -0.15) is 26.3 Å². The number of hydrogen-bond acceptors (Lipinski definition) is 6. The van der Waals surface area contributed by atoms with Crippen LogP contribution in [0, 0.1) is 0 Å². The van der Waals surface area contributed by atoms with Crippen LogP contribution in [0.5, 0.6) is 0 Å².